The molecular formula is C12H18N2O. The molecule has 0 aromatic heterocycles. The number of ether oxygens (including phenoxy) is 1. The highest BCUT2D eigenvalue weighted by Gasteiger charge is 2.24. The van der Waals surface area contributed by atoms with Crippen LogP contribution in [0, 0.1) is 0 Å². The van der Waals surface area contributed by atoms with Gasteiger partial charge in [0.15, 0.2) is 0 Å². The topological polar surface area (TPSA) is 38.5 Å². The van der Waals surface area contributed by atoms with Crippen molar-refractivity contribution in [3.8, 4) is 0 Å². The molecule has 2 N–H and O–H groups in total. The minimum Gasteiger partial charge on any atom is -0.399 e. The van der Waals surface area contributed by atoms with Crippen molar-refractivity contribution < 1.29 is 4.74 Å². The molecule has 3 nitrogen and oxygen atoms in total. The normalized spacial score (nSPS) is 20.9. The molecule has 0 aliphatic carbocycles. The van der Waals surface area contributed by atoms with Crippen molar-refractivity contribution in [2.24, 2.45) is 0 Å². The number of nitrogen functional groups attached to an aromatic ring is 1. The maximum absolute atomic E-state index is 5.68. The molecule has 1 fully saturated rings. The van der Waals surface area contributed by atoms with Gasteiger partial charge >= 0.3 is 0 Å². The van der Waals surface area contributed by atoms with Crippen molar-refractivity contribution in [3.05, 3.63) is 24.3 Å². The number of rotatable bonds is 3. The van der Waals surface area contributed by atoms with Gasteiger partial charge in [-0.3, -0.25) is 0 Å². The minimum atomic E-state index is 0.527. The summed E-state index contributed by atoms with van der Waals surface area (Å²) in [5.41, 5.74) is 7.75. The number of hydrogen-bond acceptors (Lipinski definition) is 3. The van der Waals surface area contributed by atoms with Gasteiger partial charge in [0.2, 0.25) is 0 Å². The first kappa shape index (κ1) is 10.3. The van der Waals surface area contributed by atoms with E-state index in [9.17, 15) is 0 Å². The van der Waals surface area contributed by atoms with Gasteiger partial charge in [-0.05, 0) is 37.1 Å². The van der Waals surface area contributed by atoms with Gasteiger partial charge in [-0.15, -0.1) is 0 Å². The van der Waals surface area contributed by atoms with Crippen LogP contribution in [0.4, 0.5) is 11.4 Å². The van der Waals surface area contributed by atoms with E-state index in [0.717, 1.165) is 18.8 Å². The van der Waals surface area contributed by atoms with Gasteiger partial charge in [-0.2, -0.15) is 0 Å². The van der Waals surface area contributed by atoms with Crippen molar-refractivity contribution in [2.45, 2.75) is 18.9 Å². The van der Waals surface area contributed by atoms with E-state index in [1.807, 2.05) is 12.1 Å². The molecule has 0 bridgehead atoms. The van der Waals surface area contributed by atoms with Crippen LogP contribution in [0.5, 0.6) is 0 Å². The molecule has 0 saturated carbocycles. The summed E-state index contributed by atoms with van der Waals surface area (Å²) in [5.74, 6) is 0. The molecule has 0 spiro atoms. The third-order valence-corrected chi connectivity index (χ3v) is 2.96. The fraction of sp³-hybridized carbons (Fsp3) is 0.500. The summed E-state index contributed by atoms with van der Waals surface area (Å²) in [7, 11) is 1.76. The molecule has 1 atom stereocenters. The van der Waals surface area contributed by atoms with Gasteiger partial charge in [-0.25, -0.2) is 0 Å². The Morgan fingerprint density at radius 2 is 2.13 bits per heavy atom. The molecule has 1 aromatic carbocycles. The predicted molar refractivity (Wildman–Crippen MR) is 63.1 cm³/mol. The van der Waals surface area contributed by atoms with Crippen LogP contribution in [0.25, 0.3) is 0 Å². The van der Waals surface area contributed by atoms with Crippen LogP contribution in [-0.2, 0) is 4.74 Å². The first-order chi connectivity index (χ1) is 7.31. The third kappa shape index (κ3) is 2.23. The molecule has 1 aliphatic rings. The average molecular weight is 206 g/mol. The first-order valence-electron chi connectivity index (χ1n) is 5.42. The number of hydrogen-bond donors (Lipinski definition) is 1. The standard InChI is InChI=1S/C12H18N2O/c1-15-9-12-3-2-8-14(12)11-6-4-10(13)5-7-11/h4-7,12H,2-3,8-9,13H2,1H3. The van der Waals surface area contributed by atoms with E-state index in [2.05, 4.69) is 17.0 Å². The first-order valence-corrected chi connectivity index (χ1v) is 5.42. The molecule has 1 aromatic rings. The molecule has 2 rings (SSSR count). The second-order valence-corrected chi connectivity index (χ2v) is 4.04. The average Bonchev–Trinajstić information content (AvgIpc) is 2.68. The lowest BCUT2D eigenvalue weighted by molar-refractivity contribution is 0.181. The Morgan fingerprint density at radius 1 is 1.40 bits per heavy atom. The molecule has 1 aliphatic heterocycles. The highest BCUT2D eigenvalue weighted by atomic mass is 16.5. The van der Waals surface area contributed by atoms with Crippen molar-refractivity contribution in [3.63, 3.8) is 0 Å². The fourth-order valence-electron chi connectivity index (χ4n) is 2.21. The zero-order valence-electron chi connectivity index (χ0n) is 9.15. The highest BCUT2D eigenvalue weighted by molar-refractivity contribution is 5.54. The summed E-state index contributed by atoms with van der Waals surface area (Å²) >= 11 is 0. The quantitative estimate of drug-likeness (QED) is 0.767. The Bertz CT molecular complexity index is 310. The summed E-state index contributed by atoms with van der Waals surface area (Å²) in [6, 6.07) is 8.61. The Labute approximate surface area is 90.8 Å². The third-order valence-electron chi connectivity index (χ3n) is 2.96. The lowest BCUT2D eigenvalue weighted by atomic mass is 10.2. The lowest BCUT2D eigenvalue weighted by Gasteiger charge is -2.26. The van der Waals surface area contributed by atoms with Gasteiger partial charge in [0.25, 0.3) is 0 Å². The molecule has 1 saturated heterocycles. The second kappa shape index (κ2) is 4.53. The summed E-state index contributed by atoms with van der Waals surface area (Å²) in [5, 5.41) is 0. The van der Waals surface area contributed by atoms with E-state index in [0.29, 0.717) is 6.04 Å². The molecule has 0 radical (unpaired) electrons. The number of methoxy groups -OCH3 is 1. The van der Waals surface area contributed by atoms with Gasteiger partial charge in [-0.1, -0.05) is 0 Å². The van der Waals surface area contributed by atoms with Crippen molar-refractivity contribution in [1.29, 1.82) is 0 Å². The van der Waals surface area contributed by atoms with Gasteiger partial charge < -0.3 is 15.4 Å². The zero-order valence-corrected chi connectivity index (χ0v) is 9.15. The lowest BCUT2D eigenvalue weighted by Crippen LogP contribution is -2.32. The monoisotopic (exact) mass is 206 g/mol. The van der Waals surface area contributed by atoms with E-state index < -0.39 is 0 Å². The smallest absolute Gasteiger partial charge is 0.0666 e. The molecule has 1 unspecified atom stereocenters. The highest BCUT2D eigenvalue weighted by Crippen LogP contribution is 2.26. The largest absolute Gasteiger partial charge is 0.399 e. The van der Waals surface area contributed by atoms with E-state index in [4.69, 9.17) is 10.5 Å². The summed E-state index contributed by atoms with van der Waals surface area (Å²) in [4.78, 5) is 2.41. The van der Waals surface area contributed by atoms with Crippen molar-refractivity contribution in [2.75, 3.05) is 30.9 Å². The SMILES string of the molecule is COCC1CCCN1c1ccc(N)cc1. The van der Waals surface area contributed by atoms with Crippen LogP contribution < -0.4 is 10.6 Å². The van der Waals surface area contributed by atoms with Crippen LogP contribution in [0.3, 0.4) is 0 Å². The number of nitrogens with zero attached hydrogens (tertiary/aromatic N) is 1. The summed E-state index contributed by atoms with van der Waals surface area (Å²) < 4.78 is 5.23. The van der Waals surface area contributed by atoms with Crippen LogP contribution in [0.2, 0.25) is 0 Å². The Hall–Kier alpha value is -1.22. The molecule has 3 heteroatoms. The number of anilines is 2. The van der Waals surface area contributed by atoms with Crippen LogP contribution in [-0.4, -0.2) is 26.3 Å². The molecular weight excluding hydrogens is 188 g/mol. The Balaban J connectivity index is 2.11. The van der Waals surface area contributed by atoms with Gasteiger partial charge in [0.1, 0.15) is 0 Å². The van der Waals surface area contributed by atoms with Crippen molar-refractivity contribution in [1.82, 2.24) is 0 Å². The molecule has 0 amide bonds. The predicted octanol–water partition coefficient (Wildman–Crippen LogP) is 1.88. The van der Waals surface area contributed by atoms with Crippen LogP contribution in [0.15, 0.2) is 24.3 Å². The van der Waals surface area contributed by atoms with E-state index in [1.54, 1.807) is 7.11 Å². The Morgan fingerprint density at radius 3 is 2.80 bits per heavy atom. The van der Waals surface area contributed by atoms with Gasteiger partial charge in [0.05, 0.1) is 12.6 Å². The van der Waals surface area contributed by atoms with E-state index in [1.165, 1.54) is 18.5 Å². The molecule has 82 valence electrons. The van der Waals surface area contributed by atoms with Crippen molar-refractivity contribution >= 4 is 11.4 Å². The Kier molecular flexibility index (Phi) is 3.11. The van der Waals surface area contributed by atoms with E-state index in [-0.39, 0.29) is 0 Å². The number of nitrogens with two attached hydrogens (primary N) is 1. The zero-order chi connectivity index (χ0) is 10.7. The molecule has 15 heavy (non-hydrogen) atoms. The summed E-state index contributed by atoms with van der Waals surface area (Å²) in [6.07, 6.45) is 2.47. The maximum atomic E-state index is 5.68. The fourth-order valence-corrected chi connectivity index (χ4v) is 2.21. The van der Waals surface area contributed by atoms with Crippen LogP contribution >= 0.6 is 0 Å². The minimum absolute atomic E-state index is 0.527. The second-order valence-electron chi connectivity index (χ2n) is 4.04. The summed E-state index contributed by atoms with van der Waals surface area (Å²) in [6.45, 7) is 1.93. The maximum Gasteiger partial charge on any atom is 0.0666 e. The van der Waals surface area contributed by atoms with Crippen LogP contribution in [0.1, 0.15) is 12.8 Å². The van der Waals surface area contributed by atoms with E-state index >= 15 is 0 Å². The number of benzene rings is 1. The van der Waals surface area contributed by atoms with Gasteiger partial charge in [0, 0.05) is 25.0 Å². The molecule has 1 heterocycles.